The van der Waals surface area contributed by atoms with Gasteiger partial charge in [-0.25, -0.2) is 0 Å². The predicted molar refractivity (Wildman–Crippen MR) is 70.8 cm³/mol. The van der Waals surface area contributed by atoms with Crippen LogP contribution in [0.5, 0.6) is 11.5 Å². The van der Waals surface area contributed by atoms with Crippen molar-refractivity contribution < 1.29 is 9.47 Å². The van der Waals surface area contributed by atoms with Crippen LogP contribution in [0.15, 0.2) is 18.2 Å². The van der Waals surface area contributed by atoms with Crippen molar-refractivity contribution in [3.8, 4) is 11.5 Å². The molecule has 3 nitrogen and oxygen atoms in total. The van der Waals surface area contributed by atoms with E-state index in [1.807, 2.05) is 6.07 Å². The zero-order valence-electron chi connectivity index (χ0n) is 10.9. The number of hydrogen-bond acceptors (Lipinski definition) is 3. The molecule has 0 unspecified atom stereocenters. The van der Waals surface area contributed by atoms with E-state index in [9.17, 15) is 0 Å². The van der Waals surface area contributed by atoms with Crippen molar-refractivity contribution in [3.63, 3.8) is 0 Å². The quantitative estimate of drug-likeness (QED) is 0.890. The van der Waals surface area contributed by atoms with Crippen molar-refractivity contribution in [2.75, 3.05) is 6.79 Å². The SMILES string of the molecule is C[C@@H]1CCCC[C@H]1NCc1ccc2c(c1)OCO2. The molecule has 3 heteroatoms. The van der Waals surface area contributed by atoms with Crippen molar-refractivity contribution in [3.05, 3.63) is 23.8 Å². The lowest BCUT2D eigenvalue weighted by Gasteiger charge is -2.29. The molecule has 0 saturated heterocycles. The normalized spacial score (nSPS) is 26.3. The summed E-state index contributed by atoms with van der Waals surface area (Å²) in [5, 5.41) is 3.68. The fraction of sp³-hybridized carbons (Fsp3) is 0.600. The third kappa shape index (κ3) is 2.46. The van der Waals surface area contributed by atoms with E-state index in [4.69, 9.17) is 9.47 Å². The minimum Gasteiger partial charge on any atom is -0.454 e. The first kappa shape index (κ1) is 11.8. The Bertz CT molecular complexity index is 419. The molecule has 1 aliphatic heterocycles. The summed E-state index contributed by atoms with van der Waals surface area (Å²) in [5.41, 5.74) is 1.28. The van der Waals surface area contributed by atoms with Crippen LogP contribution >= 0.6 is 0 Å². The largest absolute Gasteiger partial charge is 0.454 e. The van der Waals surface area contributed by atoms with E-state index in [1.165, 1.54) is 31.2 Å². The van der Waals surface area contributed by atoms with Crippen LogP contribution in [0.2, 0.25) is 0 Å². The minimum absolute atomic E-state index is 0.353. The zero-order valence-corrected chi connectivity index (χ0v) is 10.9. The lowest BCUT2D eigenvalue weighted by atomic mass is 9.86. The number of rotatable bonds is 3. The first-order chi connectivity index (χ1) is 8.83. The molecular formula is C15H21NO2. The molecule has 2 atom stereocenters. The summed E-state index contributed by atoms with van der Waals surface area (Å²) in [4.78, 5) is 0. The number of fused-ring (bicyclic) bond motifs is 1. The Morgan fingerprint density at radius 1 is 1.17 bits per heavy atom. The van der Waals surface area contributed by atoms with Crippen LogP contribution in [0.25, 0.3) is 0 Å². The van der Waals surface area contributed by atoms with E-state index in [-0.39, 0.29) is 0 Å². The van der Waals surface area contributed by atoms with E-state index in [2.05, 4.69) is 24.4 Å². The Balaban J connectivity index is 1.59. The molecular weight excluding hydrogens is 226 g/mol. The smallest absolute Gasteiger partial charge is 0.231 e. The standard InChI is InChI=1S/C15H21NO2/c1-11-4-2-3-5-13(11)16-9-12-6-7-14-15(8-12)18-10-17-14/h6-8,11,13,16H,2-5,9-10H2,1H3/t11-,13-/m1/s1. The van der Waals surface area contributed by atoms with Gasteiger partial charge >= 0.3 is 0 Å². The van der Waals surface area contributed by atoms with Crippen LogP contribution in [0.3, 0.4) is 0 Å². The average Bonchev–Trinajstić information content (AvgIpc) is 2.85. The van der Waals surface area contributed by atoms with E-state index in [1.54, 1.807) is 0 Å². The van der Waals surface area contributed by atoms with Crippen LogP contribution in [-0.4, -0.2) is 12.8 Å². The van der Waals surface area contributed by atoms with Crippen molar-refractivity contribution in [2.24, 2.45) is 5.92 Å². The lowest BCUT2D eigenvalue weighted by molar-refractivity contribution is 0.174. The van der Waals surface area contributed by atoms with Crippen LogP contribution < -0.4 is 14.8 Å². The second kappa shape index (κ2) is 5.19. The van der Waals surface area contributed by atoms with E-state index < -0.39 is 0 Å². The highest BCUT2D eigenvalue weighted by molar-refractivity contribution is 5.44. The van der Waals surface area contributed by atoms with Crippen LogP contribution in [0.1, 0.15) is 38.2 Å². The number of nitrogens with one attached hydrogen (secondary N) is 1. The van der Waals surface area contributed by atoms with Gasteiger partial charge < -0.3 is 14.8 Å². The van der Waals surface area contributed by atoms with Gasteiger partial charge in [-0.3, -0.25) is 0 Å². The Labute approximate surface area is 108 Å². The summed E-state index contributed by atoms with van der Waals surface area (Å²) in [6, 6.07) is 6.88. The molecule has 0 radical (unpaired) electrons. The molecule has 1 fully saturated rings. The van der Waals surface area contributed by atoms with E-state index in [0.717, 1.165) is 24.0 Å². The first-order valence-electron chi connectivity index (χ1n) is 6.95. The third-order valence-electron chi connectivity index (χ3n) is 4.12. The molecule has 0 aromatic heterocycles. The monoisotopic (exact) mass is 247 g/mol. The van der Waals surface area contributed by atoms with Gasteiger partial charge in [-0.05, 0) is 36.5 Å². The van der Waals surface area contributed by atoms with Gasteiger partial charge in [0, 0.05) is 12.6 Å². The van der Waals surface area contributed by atoms with Gasteiger partial charge in [0.1, 0.15) is 0 Å². The molecule has 1 saturated carbocycles. The zero-order chi connectivity index (χ0) is 12.4. The van der Waals surface area contributed by atoms with E-state index in [0.29, 0.717) is 12.8 Å². The maximum Gasteiger partial charge on any atom is 0.231 e. The molecule has 1 heterocycles. The molecule has 3 rings (SSSR count). The molecule has 0 bridgehead atoms. The van der Waals surface area contributed by atoms with Gasteiger partial charge in [0.15, 0.2) is 11.5 Å². The number of benzene rings is 1. The summed E-state index contributed by atoms with van der Waals surface area (Å²) in [5.74, 6) is 2.54. The summed E-state index contributed by atoms with van der Waals surface area (Å²) in [7, 11) is 0. The molecule has 1 N–H and O–H groups in total. The highest BCUT2D eigenvalue weighted by atomic mass is 16.7. The van der Waals surface area contributed by atoms with Crippen molar-refractivity contribution in [1.82, 2.24) is 5.32 Å². The molecule has 98 valence electrons. The topological polar surface area (TPSA) is 30.5 Å². The van der Waals surface area contributed by atoms with Crippen molar-refractivity contribution in [1.29, 1.82) is 0 Å². The molecule has 1 aromatic rings. The molecule has 0 amide bonds. The average molecular weight is 247 g/mol. The van der Waals surface area contributed by atoms with Crippen LogP contribution in [0.4, 0.5) is 0 Å². The summed E-state index contributed by atoms with van der Waals surface area (Å²) < 4.78 is 10.7. The van der Waals surface area contributed by atoms with Crippen LogP contribution in [0, 0.1) is 5.92 Å². The third-order valence-corrected chi connectivity index (χ3v) is 4.12. The molecule has 1 aromatic carbocycles. The van der Waals surface area contributed by atoms with Gasteiger partial charge in [0.25, 0.3) is 0 Å². The van der Waals surface area contributed by atoms with Gasteiger partial charge in [-0.15, -0.1) is 0 Å². The lowest BCUT2D eigenvalue weighted by Crippen LogP contribution is -2.36. The van der Waals surface area contributed by atoms with E-state index >= 15 is 0 Å². The summed E-state index contributed by atoms with van der Waals surface area (Å²) >= 11 is 0. The Morgan fingerprint density at radius 3 is 2.89 bits per heavy atom. The van der Waals surface area contributed by atoms with Gasteiger partial charge in [0.2, 0.25) is 6.79 Å². The van der Waals surface area contributed by atoms with Gasteiger partial charge in [-0.1, -0.05) is 25.8 Å². The number of ether oxygens (including phenoxy) is 2. The molecule has 0 spiro atoms. The molecule has 18 heavy (non-hydrogen) atoms. The Hall–Kier alpha value is -1.22. The maximum absolute atomic E-state index is 5.40. The molecule has 2 aliphatic rings. The summed E-state index contributed by atoms with van der Waals surface area (Å²) in [6.07, 6.45) is 5.43. The minimum atomic E-state index is 0.353. The molecule has 1 aliphatic carbocycles. The van der Waals surface area contributed by atoms with Crippen LogP contribution in [-0.2, 0) is 6.54 Å². The van der Waals surface area contributed by atoms with Crippen molar-refractivity contribution in [2.45, 2.75) is 45.2 Å². The number of hydrogen-bond donors (Lipinski definition) is 1. The second-order valence-corrected chi connectivity index (χ2v) is 5.44. The highest BCUT2D eigenvalue weighted by Crippen LogP contribution is 2.32. The highest BCUT2D eigenvalue weighted by Gasteiger charge is 2.20. The van der Waals surface area contributed by atoms with Gasteiger partial charge in [0.05, 0.1) is 0 Å². The predicted octanol–water partition coefficient (Wildman–Crippen LogP) is 3.08. The maximum atomic E-state index is 5.40. The first-order valence-corrected chi connectivity index (χ1v) is 6.95. The summed E-state index contributed by atoms with van der Waals surface area (Å²) in [6.45, 7) is 3.63. The second-order valence-electron chi connectivity index (χ2n) is 5.44. The Kier molecular flexibility index (Phi) is 3.41. The fourth-order valence-corrected chi connectivity index (χ4v) is 2.92. The fourth-order valence-electron chi connectivity index (χ4n) is 2.92. The van der Waals surface area contributed by atoms with Gasteiger partial charge in [-0.2, -0.15) is 0 Å². The van der Waals surface area contributed by atoms with Crippen molar-refractivity contribution >= 4 is 0 Å². The Morgan fingerprint density at radius 2 is 2.00 bits per heavy atom.